The maximum atomic E-state index is 13.8. The summed E-state index contributed by atoms with van der Waals surface area (Å²) >= 11 is 0. The van der Waals surface area contributed by atoms with Crippen molar-refractivity contribution in [3.63, 3.8) is 0 Å². The monoisotopic (exact) mass is 702 g/mol. The van der Waals surface area contributed by atoms with Crippen LogP contribution in [0.2, 0.25) is 0 Å². The van der Waals surface area contributed by atoms with Crippen LogP contribution in [0.25, 0.3) is 0 Å². The topological polar surface area (TPSA) is 130 Å². The molecule has 274 valence electrons. The first kappa shape index (κ1) is 36.9. The molecule has 0 aromatic heterocycles. The number of hydrogen-bond donors (Lipinski definition) is 1. The molecule has 4 fully saturated rings. The number of hydrogen-bond acceptors (Lipinski definition) is 9. The molecule has 2 aromatic carbocycles. The summed E-state index contributed by atoms with van der Waals surface area (Å²) in [4.78, 5) is 55.0. The number of nitrogens with one attached hydrogen (secondary N) is 1. The van der Waals surface area contributed by atoms with Crippen molar-refractivity contribution in [3.05, 3.63) is 64.2 Å². The maximum Gasteiger partial charge on any atom is 0.482 e. The normalized spacial score (nSPS) is 25.3. The van der Waals surface area contributed by atoms with Crippen LogP contribution in [0.1, 0.15) is 113 Å². The van der Waals surface area contributed by atoms with Gasteiger partial charge in [0, 0.05) is 18.7 Å². The number of fused-ring (bicyclic) bond motifs is 1. The molecule has 5 atom stereocenters. The Bertz CT molecular complexity index is 1740. The quantitative estimate of drug-likeness (QED) is 0.151. The van der Waals surface area contributed by atoms with Gasteiger partial charge in [0.2, 0.25) is 5.78 Å². The highest BCUT2D eigenvalue weighted by Crippen LogP contribution is 2.65. The van der Waals surface area contributed by atoms with E-state index in [1.54, 1.807) is 56.0 Å². The maximum absolute atomic E-state index is 13.8. The average Bonchev–Trinajstić information content (AvgIpc) is 3.62. The molecule has 2 bridgehead atoms. The number of carbonyl (C=O) groups excluding carboxylic acids is 4. The van der Waals surface area contributed by atoms with Crippen LogP contribution in [-0.4, -0.2) is 71.7 Å². The fourth-order valence-corrected chi connectivity index (χ4v) is 8.36. The van der Waals surface area contributed by atoms with E-state index in [-0.39, 0.29) is 41.5 Å². The van der Waals surface area contributed by atoms with Crippen LogP contribution in [-0.2, 0) is 43.1 Å². The zero-order valence-electron chi connectivity index (χ0n) is 31.5. The molecule has 11 nitrogen and oxygen atoms in total. The minimum absolute atomic E-state index is 0.107. The summed E-state index contributed by atoms with van der Waals surface area (Å²) in [5.41, 5.74) is 0.938. The van der Waals surface area contributed by atoms with Crippen LogP contribution >= 0.6 is 0 Å². The number of ketones is 1. The molecule has 51 heavy (non-hydrogen) atoms. The van der Waals surface area contributed by atoms with Gasteiger partial charge in [-0.25, -0.2) is 9.59 Å². The number of ether oxygens (including phenoxy) is 3. The number of rotatable bonds is 8. The molecule has 1 saturated heterocycles. The zero-order valence-corrected chi connectivity index (χ0v) is 31.5. The number of esters is 1. The van der Waals surface area contributed by atoms with E-state index >= 15 is 0 Å². The van der Waals surface area contributed by atoms with Gasteiger partial charge in [-0.3, -0.25) is 14.5 Å². The van der Waals surface area contributed by atoms with E-state index in [1.807, 2.05) is 26.8 Å². The fourth-order valence-electron chi connectivity index (χ4n) is 8.36. The molecule has 2 heterocycles. The lowest BCUT2D eigenvalue weighted by Crippen LogP contribution is -2.65. The Morgan fingerprint density at radius 1 is 0.961 bits per heavy atom. The fraction of sp³-hybridized carbons (Fsp3) is 0.590. The van der Waals surface area contributed by atoms with Crippen LogP contribution in [0.3, 0.4) is 0 Å². The van der Waals surface area contributed by atoms with Crippen molar-refractivity contribution >= 4 is 30.9 Å². The molecule has 2 aromatic rings. The van der Waals surface area contributed by atoms with E-state index in [9.17, 15) is 19.2 Å². The average molecular weight is 703 g/mol. The lowest BCUT2D eigenvalue weighted by atomic mass is 9.43. The minimum Gasteiger partial charge on any atom is -0.496 e. The molecule has 12 heteroatoms. The Hall–Kier alpha value is -3.90. The standard InChI is InChI=1S/C39H51BN2O9/c1-36(2,3)48-34(45)27-13-11-12-23(32(27)47-10)17-30(40-50-29-19-26-18-28(38(26,7)8)39(29,9)51-40)41-33(44)31(43)22-14-15-24-20-42(21-25(24)16-22)35(46)49-37(4,5)6/h11-16,26,28-30H,17-21H2,1-10H3,(H,41,44)/t26-,28+,29?,30?,39+/m1/s1. The van der Waals surface area contributed by atoms with Crippen LogP contribution in [0.15, 0.2) is 36.4 Å². The largest absolute Gasteiger partial charge is 0.496 e. The van der Waals surface area contributed by atoms with Crippen molar-refractivity contribution in [1.82, 2.24) is 10.2 Å². The second kappa shape index (κ2) is 13.0. The van der Waals surface area contributed by atoms with E-state index in [0.717, 1.165) is 24.0 Å². The Labute approximate surface area is 301 Å². The zero-order chi connectivity index (χ0) is 37.3. The van der Waals surface area contributed by atoms with Gasteiger partial charge in [0.15, 0.2) is 0 Å². The number of benzene rings is 2. The number of Topliss-reactive ketones (excluding diaryl/α,β-unsaturated/α-hetero) is 1. The third-order valence-electron chi connectivity index (χ3n) is 11.0. The van der Waals surface area contributed by atoms with Crippen molar-refractivity contribution < 1.29 is 42.7 Å². The van der Waals surface area contributed by atoms with Crippen molar-refractivity contribution in [2.75, 3.05) is 7.11 Å². The van der Waals surface area contributed by atoms with Crippen LogP contribution in [0.4, 0.5) is 4.79 Å². The smallest absolute Gasteiger partial charge is 0.482 e. The summed E-state index contributed by atoms with van der Waals surface area (Å²) in [7, 11) is 0.624. The third-order valence-corrected chi connectivity index (χ3v) is 11.0. The molecule has 1 N–H and O–H groups in total. The molecular formula is C39H51BN2O9. The molecule has 2 amide bonds. The van der Waals surface area contributed by atoms with E-state index < -0.39 is 53.6 Å². The highest BCUT2D eigenvalue weighted by atomic mass is 16.7. The second-order valence-electron chi connectivity index (χ2n) is 17.3. The van der Waals surface area contributed by atoms with Crippen molar-refractivity contribution in [3.8, 4) is 5.75 Å². The predicted molar refractivity (Wildman–Crippen MR) is 190 cm³/mol. The summed E-state index contributed by atoms with van der Waals surface area (Å²) in [6, 6.07) is 10.2. The van der Waals surface area contributed by atoms with Gasteiger partial charge in [-0.15, -0.1) is 0 Å². The Morgan fingerprint density at radius 3 is 2.29 bits per heavy atom. The van der Waals surface area contributed by atoms with Gasteiger partial charge in [-0.2, -0.15) is 0 Å². The summed E-state index contributed by atoms with van der Waals surface area (Å²) in [5.74, 6) is -1.76. The predicted octanol–water partition coefficient (Wildman–Crippen LogP) is 6.08. The minimum atomic E-state index is -0.857. The first-order valence-electron chi connectivity index (χ1n) is 17.9. The summed E-state index contributed by atoms with van der Waals surface area (Å²) < 4.78 is 30.3. The number of carbonyl (C=O) groups is 4. The van der Waals surface area contributed by atoms with Gasteiger partial charge < -0.3 is 28.8 Å². The first-order chi connectivity index (χ1) is 23.7. The highest BCUT2D eigenvalue weighted by Gasteiger charge is 2.68. The summed E-state index contributed by atoms with van der Waals surface area (Å²) in [6.45, 7) is 18.1. The highest BCUT2D eigenvalue weighted by molar-refractivity contribution is 6.50. The molecule has 3 aliphatic carbocycles. The number of para-hydroxylation sites is 1. The van der Waals surface area contributed by atoms with Gasteiger partial charge >= 0.3 is 19.2 Å². The molecule has 5 aliphatic rings. The Morgan fingerprint density at radius 2 is 1.65 bits per heavy atom. The lowest BCUT2D eigenvalue weighted by Gasteiger charge is -2.64. The van der Waals surface area contributed by atoms with Crippen molar-refractivity contribution in [1.29, 1.82) is 0 Å². The molecule has 7 rings (SSSR count). The van der Waals surface area contributed by atoms with Crippen LogP contribution in [0.5, 0.6) is 5.75 Å². The Balaban J connectivity index is 1.25. The third kappa shape index (κ3) is 7.14. The second-order valence-corrected chi connectivity index (χ2v) is 17.3. The van der Waals surface area contributed by atoms with Crippen LogP contribution < -0.4 is 10.1 Å². The molecule has 2 aliphatic heterocycles. The molecular weight excluding hydrogens is 651 g/mol. The molecule has 0 radical (unpaired) electrons. The Kier molecular flexibility index (Phi) is 9.37. The summed E-state index contributed by atoms with van der Waals surface area (Å²) in [6.07, 6.45) is 1.46. The van der Waals surface area contributed by atoms with Crippen molar-refractivity contribution in [2.24, 2.45) is 17.3 Å². The molecule has 3 saturated carbocycles. The first-order valence-corrected chi connectivity index (χ1v) is 17.9. The molecule has 2 unspecified atom stereocenters. The van der Waals surface area contributed by atoms with Crippen LogP contribution in [0, 0.1) is 17.3 Å². The van der Waals surface area contributed by atoms with E-state index in [0.29, 0.717) is 23.8 Å². The molecule has 0 spiro atoms. The van der Waals surface area contributed by atoms with Crippen molar-refractivity contribution in [2.45, 2.75) is 124 Å². The summed E-state index contributed by atoms with van der Waals surface area (Å²) in [5, 5.41) is 2.95. The van der Waals surface area contributed by atoms with Gasteiger partial charge in [0.25, 0.3) is 5.91 Å². The van der Waals surface area contributed by atoms with Gasteiger partial charge in [-0.05, 0) is 114 Å². The van der Waals surface area contributed by atoms with E-state index in [4.69, 9.17) is 23.5 Å². The SMILES string of the molecule is COc1c(CC(NC(=O)C(=O)c2ccc3c(c2)CN(C(=O)OC(C)(C)C)C3)B2OC3C[C@H]4C[C@@H](C4(C)C)[C@]3(C)O2)cccc1C(=O)OC(C)(C)C. The van der Waals surface area contributed by atoms with Gasteiger partial charge in [-0.1, -0.05) is 38.1 Å². The number of amides is 2. The lowest BCUT2D eigenvalue weighted by molar-refractivity contribution is -0.199. The van der Waals surface area contributed by atoms with E-state index in [2.05, 4.69) is 26.1 Å². The van der Waals surface area contributed by atoms with E-state index in [1.165, 1.54) is 7.11 Å². The number of methoxy groups -OCH3 is 1. The van der Waals surface area contributed by atoms with Gasteiger partial charge in [0.1, 0.15) is 22.5 Å². The number of nitrogens with zero attached hydrogens (tertiary/aromatic N) is 1. The van der Waals surface area contributed by atoms with Gasteiger partial charge in [0.05, 0.1) is 24.8 Å².